The Morgan fingerprint density at radius 1 is 0.914 bits per heavy atom. The Morgan fingerprint density at radius 3 is 2.49 bits per heavy atom. The van der Waals surface area contributed by atoms with Crippen LogP contribution in [0.15, 0.2) is 91.1 Å². The van der Waals surface area contributed by atoms with Gasteiger partial charge in [-0.05, 0) is 52.8 Å². The van der Waals surface area contributed by atoms with Gasteiger partial charge < -0.3 is 15.2 Å². The topological polar surface area (TPSA) is 51.4 Å². The number of benzene rings is 3. The number of aromatic nitrogens is 1. The molecule has 0 radical (unpaired) electrons. The van der Waals surface area contributed by atoms with Gasteiger partial charge >= 0.3 is 0 Å². The summed E-state index contributed by atoms with van der Waals surface area (Å²) in [6, 6.07) is 29.5. The molecule has 4 aromatic rings. The molecule has 2 aliphatic rings. The second-order valence-corrected chi connectivity index (χ2v) is 10.3. The Hall–Kier alpha value is -3.57. The highest BCUT2D eigenvalue weighted by Gasteiger charge is 2.53. The SMILES string of the molecule is O=C(Cc1ccccc1)NCC1CN(Cc2ccc3[nH]ccc3c2)CC12CN(c1ccccc1)C2. The van der Waals surface area contributed by atoms with Crippen LogP contribution in [0, 0.1) is 11.3 Å². The number of hydrogen-bond donors (Lipinski definition) is 2. The molecule has 1 atom stereocenters. The molecule has 5 nitrogen and oxygen atoms in total. The van der Waals surface area contributed by atoms with Gasteiger partial charge in [0.15, 0.2) is 0 Å². The molecule has 1 unspecified atom stereocenters. The van der Waals surface area contributed by atoms with Crippen LogP contribution in [0.25, 0.3) is 10.9 Å². The normalized spacial score (nSPS) is 19.2. The quantitative estimate of drug-likeness (QED) is 0.424. The molecule has 35 heavy (non-hydrogen) atoms. The van der Waals surface area contributed by atoms with Gasteiger partial charge in [-0.3, -0.25) is 9.69 Å². The molecule has 2 saturated heterocycles. The molecule has 3 heterocycles. The van der Waals surface area contributed by atoms with Gasteiger partial charge in [0.05, 0.1) is 6.42 Å². The number of H-pyrrole nitrogens is 1. The van der Waals surface area contributed by atoms with Crippen LogP contribution < -0.4 is 10.2 Å². The van der Waals surface area contributed by atoms with Gasteiger partial charge in [0.1, 0.15) is 0 Å². The predicted molar refractivity (Wildman–Crippen MR) is 141 cm³/mol. The molecule has 0 bridgehead atoms. The fourth-order valence-corrected chi connectivity index (χ4v) is 5.98. The van der Waals surface area contributed by atoms with E-state index in [1.165, 1.54) is 22.2 Å². The Kier molecular flexibility index (Phi) is 5.78. The van der Waals surface area contributed by atoms with Crippen molar-refractivity contribution in [1.82, 2.24) is 15.2 Å². The average molecular weight is 465 g/mol. The first-order valence-corrected chi connectivity index (χ1v) is 12.6. The van der Waals surface area contributed by atoms with Crippen molar-refractivity contribution in [3.05, 3.63) is 102 Å². The van der Waals surface area contributed by atoms with Gasteiger partial charge in [-0.1, -0.05) is 54.6 Å². The molecule has 1 aromatic heterocycles. The van der Waals surface area contributed by atoms with Gasteiger partial charge in [0.2, 0.25) is 5.91 Å². The summed E-state index contributed by atoms with van der Waals surface area (Å²) >= 11 is 0. The van der Waals surface area contributed by atoms with E-state index < -0.39 is 0 Å². The highest BCUT2D eigenvalue weighted by Crippen LogP contribution is 2.45. The molecule has 1 amide bonds. The number of carbonyl (C=O) groups excluding carboxylic acids is 1. The number of nitrogens with one attached hydrogen (secondary N) is 2. The Morgan fingerprint density at radius 2 is 1.69 bits per heavy atom. The van der Waals surface area contributed by atoms with Gasteiger partial charge in [-0.25, -0.2) is 0 Å². The summed E-state index contributed by atoms with van der Waals surface area (Å²) in [5, 5.41) is 4.53. The predicted octanol–water partition coefficient (Wildman–Crippen LogP) is 4.47. The fourth-order valence-electron chi connectivity index (χ4n) is 5.98. The molecule has 178 valence electrons. The smallest absolute Gasteiger partial charge is 0.224 e. The number of carbonyl (C=O) groups is 1. The second-order valence-electron chi connectivity index (χ2n) is 10.3. The summed E-state index contributed by atoms with van der Waals surface area (Å²) < 4.78 is 0. The molecule has 0 aliphatic carbocycles. The van der Waals surface area contributed by atoms with Crippen LogP contribution in [-0.2, 0) is 17.8 Å². The van der Waals surface area contributed by atoms with Gasteiger partial charge in [0.25, 0.3) is 0 Å². The largest absolute Gasteiger partial charge is 0.370 e. The standard InChI is InChI=1S/C30H32N4O/c35-29(16-23-7-3-1-4-8-23)32-17-26-19-33(18-24-11-12-28-25(15-24)13-14-31-28)20-30(26)21-34(22-30)27-9-5-2-6-10-27/h1-15,26,31H,16-22H2,(H,32,35). The van der Waals surface area contributed by atoms with Gasteiger partial charge in [-0.15, -0.1) is 0 Å². The van der Waals surface area contributed by atoms with E-state index in [-0.39, 0.29) is 11.3 Å². The van der Waals surface area contributed by atoms with E-state index in [0.29, 0.717) is 12.3 Å². The number of likely N-dealkylation sites (tertiary alicyclic amines) is 1. The van der Waals surface area contributed by atoms with E-state index in [0.717, 1.165) is 44.8 Å². The number of anilines is 1. The monoisotopic (exact) mass is 464 g/mol. The van der Waals surface area contributed by atoms with Crippen molar-refractivity contribution in [3.63, 3.8) is 0 Å². The maximum Gasteiger partial charge on any atom is 0.224 e. The van der Waals surface area contributed by atoms with Crippen LogP contribution in [0.2, 0.25) is 0 Å². The van der Waals surface area contributed by atoms with Crippen molar-refractivity contribution in [3.8, 4) is 0 Å². The lowest BCUT2D eigenvalue weighted by molar-refractivity contribution is -0.120. The van der Waals surface area contributed by atoms with Crippen molar-refractivity contribution in [2.45, 2.75) is 13.0 Å². The first kappa shape index (κ1) is 21.9. The summed E-state index contributed by atoms with van der Waals surface area (Å²) in [7, 11) is 0. The lowest BCUT2D eigenvalue weighted by Gasteiger charge is -2.52. The number of aromatic amines is 1. The molecule has 2 aliphatic heterocycles. The number of hydrogen-bond acceptors (Lipinski definition) is 3. The van der Waals surface area contributed by atoms with Crippen molar-refractivity contribution in [2.75, 3.05) is 37.6 Å². The third-order valence-electron chi connectivity index (χ3n) is 7.79. The van der Waals surface area contributed by atoms with E-state index in [4.69, 9.17) is 0 Å². The fraction of sp³-hybridized carbons (Fsp3) is 0.300. The van der Waals surface area contributed by atoms with Crippen molar-refractivity contribution >= 4 is 22.5 Å². The lowest BCUT2D eigenvalue weighted by Crippen LogP contribution is -2.62. The molecule has 3 aromatic carbocycles. The summed E-state index contributed by atoms with van der Waals surface area (Å²) in [5.74, 6) is 0.556. The molecule has 2 fully saturated rings. The number of nitrogens with zero attached hydrogens (tertiary/aromatic N) is 2. The van der Waals surface area contributed by atoms with Crippen molar-refractivity contribution in [1.29, 1.82) is 0 Å². The van der Waals surface area contributed by atoms with E-state index >= 15 is 0 Å². The minimum atomic E-state index is 0.113. The zero-order valence-corrected chi connectivity index (χ0v) is 20.0. The second kappa shape index (κ2) is 9.23. The molecular weight excluding hydrogens is 432 g/mol. The Bertz CT molecular complexity index is 1290. The molecular formula is C30H32N4O. The van der Waals surface area contributed by atoms with Gasteiger partial charge in [0, 0.05) is 62.1 Å². The highest BCUT2D eigenvalue weighted by molar-refractivity contribution is 5.80. The Labute approximate surface area is 206 Å². The summed E-state index contributed by atoms with van der Waals surface area (Å²) in [6.07, 6.45) is 2.44. The van der Waals surface area contributed by atoms with Crippen molar-refractivity contribution < 1.29 is 4.79 Å². The van der Waals surface area contributed by atoms with Crippen LogP contribution in [0.4, 0.5) is 5.69 Å². The van der Waals surface area contributed by atoms with Crippen LogP contribution >= 0.6 is 0 Å². The van der Waals surface area contributed by atoms with E-state index in [1.807, 2.05) is 36.5 Å². The van der Waals surface area contributed by atoms with E-state index in [2.05, 4.69) is 74.7 Å². The van der Waals surface area contributed by atoms with E-state index in [9.17, 15) is 4.79 Å². The minimum Gasteiger partial charge on any atom is -0.370 e. The third kappa shape index (κ3) is 4.56. The molecule has 2 N–H and O–H groups in total. The molecule has 1 spiro atoms. The third-order valence-corrected chi connectivity index (χ3v) is 7.79. The maximum atomic E-state index is 12.7. The van der Waals surface area contributed by atoms with Crippen LogP contribution in [0.3, 0.4) is 0 Å². The average Bonchev–Trinajstić information content (AvgIpc) is 3.47. The van der Waals surface area contributed by atoms with Crippen molar-refractivity contribution in [2.24, 2.45) is 11.3 Å². The van der Waals surface area contributed by atoms with Crippen LogP contribution in [0.5, 0.6) is 0 Å². The summed E-state index contributed by atoms with van der Waals surface area (Å²) in [6.45, 7) is 5.86. The maximum absolute atomic E-state index is 12.7. The minimum absolute atomic E-state index is 0.113. The molecule has 5 heteroatoms. The number of fused-ring (bicyclic) bond motifs is 1. The zero-order chi connectivity index (χ0) is 23.7. The summed E-state index contributed by atoms with van der Waals surface area (Å²) in [5.41, 5.74) is 5.10. The summed E-state index contributed by atoms with van der Waals surface area (Å²) in [4.78, 5) is 21.1. The van der Waals surface area contributed by atoms with Gasteiger partial charge in [-0.2, -0.15) is 0 Å². The van der Waals surface area contributed by atoms with Crippen LogP contribution in [0.1, 0.15) is 11.1 Å². The molecule has 0 saturated carbocycles. The zero-order valence-electron chi connectivity index (χ0n) is 20.0. The molecule has 6 rings (SSSR count). The first-order valence-electron chi connectivity index (χ1n) is 12.6. The van der Waals surface area contributed by atoms with E-state index in [1.54, 1.807) is 0 Å². The van der Waals surface area contributed by atoms with Crippen LogP contribution in [-0.4, -0.2) is 48.5 Å². The number of para-hydroxylation sites is 1. The number of amides is 1. The number of rotatable bonds is 7. The lowest BCUT2D eigenvalue weighted by atomic mass is 9.71. The highest BCUT2D eigenvalue weighted by atomic mass is 16.1. The first-order chi connectivity index (χ1) is 17.2. The Balaban J connectivity index is 1.14.